The summed E-state index contributed by atoms with van der Waals surface area (Å²) in [6, 6.07) is 1.96. The Morgan fingerprint density at radius 1 is 1.65 bits per heavy atom. The molecule has 1 saturated heterocycles. The molecule has 2 rings (SSSR count). The van der Waals surface area contributed by atoms with Gasteiger partial charge in [0.05, 0.1) is 6.20 Å². The number of halogens is 1. The summed E-state index contributed by atoms with van der Waals surface area (Å²) in [5.41, 5.74) is 0.779. The molecule has 2 heterocycles. The molecule has 1 aromatic heterocycles. The van der Waals surface area contributed by atoms with Gasteiger partial charge in [-0.25, -0.2) is 4.39 Å². The van der Waals surface area contributed by atoms with Gasteiger partial charge in [-0.05, 0) is 42.9 Å². The lowest BCUT2D eigenvalue weighted by Gasteiger charge is -2.25. The molecular weight excluding hydrogens is 235 g/mol. The van der Waals surface area contributed by atoms with Crippen LogP contribution in [0.15, 0.2) is 18.5 Å². The summed E-state index contributed by atoms with van der Waals surface area (Å²) in [5.74, 6) is 2.69. The molecule has 17 heavy (non-hydrogen) atoms. The van der Waals surface area contributed by atoms with Crippen molar-refractivity contribution in [2.75, 3.05) is 18.1 Å². The number of thioether (sulfide) groups is 1. The fraction of sp³-hybridized carbons (Fsp3) is 0.615. The predicted octanol–water partition coefficient (Wildman–Crippen LogP) is 3.01. The van der Waals surface area contributed by atoms with E-state index in [0.717, 1.165) is 24.3 Å². The quantitative estimate of drug-likeness (QED) is 0.874. The fourth-order valence-corrected chi connectivity index (χ4v) is 3.58. The molecule has 1 N–H and O–H groups in total. The first-order valence-electron chi connectivity index (χ1n) is 6.23. The van der Waals surface area contributed by atoms with Crippen LogP contribution < -0.4 is 5.32 Å². The summed E-state index contributed by atoms with van der Waals surface area (Å²) < 4.78 is 13.8. The number of rotatable bonds is 5. The Bertz CT molecular complexity index is 353. The maximum Gasteiger partial charge on any atom is 0.146 e. The van der Waals surface area contributed by atoms with E-state index in [4.69, 9.17) is 0 Å². The smallest absolute Gasteiger partial charge is 0.146 e. The molecule has 0 amide bonds. The number of nitrogens with zero attached hydrogens (tertiary/aromatic N) is 1. The van der Waals surface area contributed by atoms with E-state index in [2.05, 4.69) is 17.2 Å². The van der Waals surface area contributed by atoms with Crippen LogP contribution in [0.5, 0.6) is 0 Å². The monoisotopic (exact) mass is 254 g/mol. The van der Waals surface area contributed by atoms with Gasteiger partial charge in [0.25, 0.3) is 0 Å². The van der Waals surface area contributed by atoms with Gasteiger partial charge in [0.2, 0.25) is 0 Å². The van der Waals surface area contributed by atoms with Gasteiger partial charge in [-0.2, -0.15) is 11.8 Å². The molecule has 0 aliphatic carbocycles. The minimum Gasteiger partial charge on any atom is -0.310 e. The van der Waals surface area contributed by atoms with Gasteiger partial charge >= 0.3 is 0 Å². The molecule has 1 aromatic rings. The Morgan fingerprint density at radius 3 is 3.18 bits per heavy atom. The SMILES string of the molecule is CCCNC(c1ccncc1F)C1CCSC1. The van der Waals surface area contributed by atoms with Gasteiger partial charge in [-0.15, -0.1) is 0 Å². The second-order valence-electron chi connectivity index (χ2n) is 4.45. The predicted molar refractivity (Wildman–Crippen MR) is 70.7 cm³/mol. The minimum atomic E-state index is -0.182. The Kier molecular flexibility index (Phi) is 4.80. The van der Waals surface area contributed by atoms with Gasteiger partial charge in [0, 0.05) is 17.8 Å². The molecule has 0 saturated carbocycles. The number of aromatic nitrogens is 1. The van der Waals surface area contributed by atoms with Gasteiger partial charge < -0.3 is 5.32 Å². The van der Waals surface area contributed by atoms with E-state index >= 15 is 0 Å². The van der Waals surface area contributed by atoms with Crippen LogP contribution in [0.25, 0.3) is 0 Å². The number of hydrogen-bond acceptors (Lipinski definition) is 3. The number of pyridine rings is 1. The first-order valence-corrected chi connectivity index (χ1v) is 7.39. The van der Waals surface area contributed by atoms with Gasteiger partial charge in [0.15, 0.2) is 0 Å². The molecule has 2 unspecified atom stereocenters. The van der Waals surface area contributed by atoms with Gasteiger partial charge in [-0.3, -0.25) is 4.98 Å². The van der Waals surface area contributed by atoms with Crippen LogP contribution in [-0.2, 0) is 0 Å². The van der Waals surface area contributed by atoms with Crippen LogP contribution in [0.1, 0.15) is 31.4 Å². The molecule has 0 spiro atoms. The maximum atomic E-state index is 13.8. The maximum absolute atomic E-state index is 13.8. The summed E-state index contributed by atoms with van der Waals surface area (Å²) in [7, 11) is 0. The first-order chi connectivity index (χ1) is 8.33. The van der Waals surface area contributed by atoms with Crippen molar-refractivity contribution in [1.29, 1.82) is 0 Å². The fourth-order valence-electron chi connectivity index (χ4n) is 2.28. The van der Waals surface area contributed by atoms with E-state index in [1.165, 1.54) is 18.4 Å². The van der Waals surface area contributed by atoms with Crippen LogP contribution in [0.4, 0.5) is 4.39 Å². The average Bonchev–Trinajstić information content (AvgIpc) is 2.85. The second-order valence-corrected chi connectivity index (χ2v) is 5.60. The highest BCUT2D eigenvalue weighted by Crippen LogP contribution is 2.34. The summed E-state index contributed by atoms with van der Waals surface area (Å²) in [6.45, 7) is 3.07. The number of nitrogens with one attached hydrogen (secondary N) is 1. The molecule has 1 fully saturated rings. The van der Waals surface area contributed by atoms with Gasteiger partial charge in [-0.1, -0.05) is 6.92 Å². The molecule has 0 radical (unpaired) electrons. The van der Waals surface area contributed by atoms with E-state index in [-0.39, 0.29) is 11.9 Å². The third kappa shape index (κ3) is 3.19. The van der Waals surface area contributed by atoms with Crippen molar-refractivity contribution in [2.45, 2.75) is 25.8 Å². The van der Waals surface area contributed by atoms with Crippen LogP contribution in [0.3, 0.4) is 0 Å². The molecule has 4 heteroatoms. The third-order valence-electron chi connectivity index (χ3n) is 3.19. The molecular formula is C13H19FN2S. The van der Waals surface area contributed by atoms with Crippen molar-refractivity contribution in [3.05, 3.63) is 29.8 Å². The Morgan fingerprint density at radius 2 is 2.53 bits per heavy atom. The molecule has 0 aromatic carbocycles. The van der Waals surface area contributed by atoms with Crippen molar-refractivity contribution >= 4 is 11.8 Å². The Hall–Kier alpha value is -0.610. The van der Waals surface area contributed by atoms with E-state index in [0.29, 0.717) is 5.92 Å². The molecule has 0 bridgehead atoms. The molecule has 2 nitrogen and oxygen atoms in total. The van der Waals surface area contributed by atoms with Crippen molar-refractivity contribution in [3.63, 3.8) is 0 Å². The van der Waals surface area contributed by atoms with Crippen LogP contribution >= 0.6 is 11.8 Å². The first kappa shape index (κ1) is 12.8. The standard InChI is InChI=1S/C13H19FN2S/c1-2-5-16-13(10-4-7-17-9-10)11-3-6-15-8-12(11)14/h3,6,8,10,13,16H,2,4-5,7,9H2,1H3. The zero-order valence-electron chi connectivity index (χ0n) is 10.2. The molecule has 1 aliphatic rings. The normalized spacial score (nSPS) is 21.6. The van der Waals surface area contributed by atoms with Crippen LogP contribution in [-0.4, -0.2) is 23.0 Å². The second kappa shape index (κ2) is 6.36. The average molecular weight is 254 g/mol. The largest absolute Gasteiger partial charge is 0.310 e. The minimum absolute atomic E-state index is 0.146. The van der Waals surface area contributed by atoms with E-state index in [1.54, 1.807) is 6.20 Å². The Labute approximate surface area is 106 Å². The topological polar surface area (TPSA) is 24.9 Å². The molecule has 1 aliphatic heterocycles. The highest BCUT2D eigenvalue weighted by atomic mass is 32.2. The van der Waals surface area contributed by atoms with Crippen LogP contribution in [0, 0.1) is 11.7 Å². The van der Waals surface area contributed by atoms with Crippen molar-refractivity contribution < 1.29 is 4.39 Å². The zero-order chi connectivity index (χ0) is 12.1. The summed E-state index contributed by atoms with van der Waals surface area (Å²) >= 11 is 1.97. The van der Waals surface area contributed by atoms with Gasteiger partial charge in [0.1, 0.15) is 5.82 Å². The lowest BCUT2D eigenvalue weighted by molar-refractivity contribution is 0.380. The van der Waals surface area contributed by atoms with Crippen molar-refractivity contribution in [3.8, 4) is 0 Å². The highest BCUT2D eigenvalue weighted by Gasteiger charge is 2.27. The molecule has 2 atom stereocenters. The summed E-state index contributed by atoms with van der Waals surface area (Å²) in [5, 5.41) is 3.49. The van der Waals surface area contributed by atoms with Crippen LogP contribution in [0.2, 0.25) is 0 Å². The summed E-state index contributed by atoms with van der Waals surface area (Å²) in [4.78, 5) is 3.83. The van der Waals surface area contributed by atoms with E-state index in [9.17, 15) is 4.39 Å². The Balaban J connectivity index is 2.16. The lowest BCUT2D eigenvalue weighted by atomic mass is 9.92. The zero-order valence-corrected chi connectivity index (χ0v) is 11.0. The van der Waals surface area contributed by atoms with Crippen molar-refractivity contribution in [2.24, 2.45) is 5.92 Å². The van der Waals surface area contributed by atoms with E-state index in [1.807, 2.05) is 17.8 Å². The third-order valence-corrected chi connectivity index (χ3v) is 4.38. The lowest BCUT2D eigenvalue weighted by Crippen LogP contribution is -2.30. The van der Waals surface area contributed by atoms with Crippen molar-refractivity contribution in [1.82, 2.24) is 10.3 Å². The van der Waals surface area contributed by atoms with E-state index < -0.39 is 0 Å². The molecule has 94 valence electrons. The summed E-state index contributed by atoms with van der Waals surface area (Å²) in [6.07, 6.45) is 5.25. The highest BCUT2D eigenvalue weighted by molar-refractivity contribution is 7.99. The number of hydrogen-bond donors (Lipinski definition) is 1.